The predicted molar refractivity (Wildman–Crippen MR) is 80.4 cm³/mol. The summed E-state index contributed by atoms with van der Waals surface area (Å²) in [5.41, 5.74) is 1.63. The smallest absolute Gasteiger partial charge is 0.323 e. The molecule has 0 heterocycles. The molecule has 0 aliphatic rings. The molecule has 0 fully saturated rings. The maximum Gasteiger partial charge on any atom is 0.323 e. The number of hydrogen-bond acceptors (Lipinski definition) is 3. The molecule has 0 amide bonds. The van der Waals surface area contributed by atoms with Crippen LogP contribution in [-0.2, 0) is 4.79 Å². The Kier molecular flexibility index (Phi) is 6.02. The first-order chi connectivity index (χ1) is 9.39. The zero-order valence-electron chi connectivity index (χ0n) is 12.8. The number of nitrogens with one attached hydrogen (secondary N) is 1. The van der Waals surface area contributed by atoms with Crippen LogP contribution in [0.25, 0.3) is 0 Å². The summed E-state index contributed by atoms with van der Waals surface area (Å²) >= 11 is 0. The van der Waals surface area contributed by atoms with E-state index < -0.39 is 11.5 Å². The Hall–Kier alpha value is -1.55. The third-order valence-corrected chi connectivity index (χ3v) is 3.84. The highest BCUT2D eigenvalue weighted by molar-refractivity contribution is 5.78. The van der Waals surface area contributed by atoms with Crippen LogP contribution in [0, 0.1) is 13.8 Å². The van der Waals surface area contributed by atoms with Crippen LogP contribution in [0.15, 0.2) is 18.2 Å². The van der Waals surface area contributed by atoms with Crippen LogP contribution in [0.3, 0.4) is 0 Å². The largest absolute Gasteiger partial charge is 0.494 e. The monoisotopic (exact) mass is 279 g/mol. The molecule has 1 rings (SSSR count). The van der Waals surface area contributed by atoms with Crippen molar-refractivity contribution < 1.29 is 14.6 Å². The standard InChI is InChI=1S/C16H25NO3/c1-12-7-8-14(11-13(12)2)20-10-6-5-9-16(3,17-4)15(18)19/h7-8,11,17H,5-6,9-10H2,1-4H3,(H,18,19). The number of carboxylic acid groups (broad SMARTS) is 1. The van der Waals surface area contributed by atoms with Crippen LogP contribution in [0.4, 0.5) is 0 Å². The topological polar surface area (TPSA) is 58.6 Å². The fourth-order valence-corrected chi connectivity index (χ4v) is 1.91. The number of aliphatic carboxylic acids is 1. The molecule has 1 aromatic carbocycles. The Morgan fingerprint density at radius 1 is 1.30 bits per heavy atom. The van der Waals surface area contributed by atoms with Gasteiger partial charge < -0.3 is 15.2 Å². The van der Waals surface area contributed by atoms with Gasteiger partial charge in [0.15, 0.2) is 0 Å². The van der Waals surface area contributed by atoms with E-state index in [2.05, 4.69) is 19.2 Å². The van der Waals surface area contributed by atoms with Crippen LogP contribution >= 0.6 is 0 Å². The summed E-state index contributed by atoms with van der Waals surface area (Å²) < 4.78 is 5.68. The molecule has 0 aliphatic heterocycles. The van der Waals surface area contributed by atoms with Crippen molar-refractivity contribution in [2.75, 3.05) is 13.7 Å². The van der Waals surface area contributed by atoms with E-state index in [0.717, 1.165) is 18.6 Å². The highest BCUT2D eigenvalue weighted by Crippen LogP contribution is 2.18. The quantitative estimate of drug-likeness (QED) is 0.718. The van der Waals surface area contributed by atoms with Gasteiger partial charge in [-0.1, -0.05) is 6.07 Å². The second-order valence-electron chi connectivity index (χ2n) is 5.44. The van der Waals surface area contributed by atoms with Crippen molar-refractivity contribution in [3.8, 4) is 5.75 Å². The lowest BCUT2D eigenvalue weighted by atomic mass is 9.95. The summed E-state index contributed by atoms with van der Waals surface area (Å²) in [6.45, 7) is 6.46. The van der Waals surface area contributed by atoms with E-state index in [-0.39, 0.29) is 0 Å². The number of aryl methyl sites for hydroxylation is 2. The molecule has 0 saturated heterocycles. The van der Waals surface area contributed by atoms with Gasteiger partial charge in [0.05, 0.1) is 6.61 Å². The highest BCUT2D eigenvalue weighted by Gasteiger charge is 2.29. The SMILES string of the molecule is CNC(C)(CCCCOc1ccc(C)c(C)c1)C(=O)O. The third kappa shape index (κ3) is 4.53. The van der Waals surface area contributed by atoms with Crippen molar-refractivity contribution >= 4 is 5.97 Å². The highest BCUT2D eigenvalue weighted by atomic mass is 16.5. The number of likely N-dealkylation sites (N-methyl/N-ethyl adjacent to an activating group) is 1. The molecule has 1 atom stereocenters. The maximum absolute atomic E-state index is 11.1. The van der Waals surface area contributed by atoms with Gasteiger partial charge in [0.25, 0.3) is 0 Å². The van der Waals surface area contributed by atoms with Crippen molar-refractivity contribution in [2.24, 2.45) is 0 Å². The predicted octanol–water partition coefficient (Wildman–Crippen LogP) is 2.92. The first kappa shape index (κ1) is 16.5. The van der Waals surface area contributed by atoms with E-state index in [1.165, 1.54) is 11.1 Å². The Labute approximate surface area is 121 Å². The first-order valence-corrected chi connectivity index (χ1v) is 7.01. The first-order valence-electron chi connectivity index (χ1n) is 7.01. The molecule has 0 aliphatic carbocycles. The van der Waals surface area contributed by atoms with Crippen LogP contribution < -0.4 is 10.1 Å². The minimum Gasteiger partial charge on any atom is -0.494 e. The van der Waals surface area contributed by atoms with Crippen molar-refractivity contribution in [3.63, 3.8) is 0 Å². The fourth-order valence-electron chi connectivity index (χ4n) is 1.91. The lowest BCUT2D eigenvalue weighted by Crippen LogP contribution is -2.47. The number of rotatable bonds is 8. The number of unbranched alkanes of at least 4 members (excludes halogenated alkanes) is 1. The summed E-state index contributed by atoms with van der Waals surface area (Å²) in [5.74, 6) is 0.0674. The minimum atomic E-state index is -0.847. The van der Waals surface area contributed by atoms with E-state index in [1.54, 1.807) is 14.0 Å². The zero-order chi connectivity index (χ0) is 15.2. The van der Waals surface area contributed by atoms with Gasteiger partial charge in [0.1, 0.15) is 11.3 Å². The van der Waals surface area contributed by atoms with E-state index in [4.69, 9.17) is 9.84 Å². The molecule has 1 unspecified atom stereocenters. The second-order valence-corrected chi connectivity index (χ2v) is 5.44. The van der Waals surface area contributed by atoms with Crippen LogP contribution in [0.1, 0.15) is 37.3 Å². The Morgan fingerprint density at radius 2 is 2.00 bits per heavy atom. The molecule has 0 bridgehead atoms. The van der Waals surface area contributed by atoms with Gasteiger partial charge >= 0.3 is 5.97 Å². The van der Waals surface area contributed by atoms with Crippen LogP contribution in [-0.4, -0.2) is 30.3 Å². The third-order valence-electron chi connectivity index (χ3n) is 3.84. The lowest BCUT2D eigenvalue weighted by molar-refractivity contribution is -0.144. The van der Waals surface area contributed by atoms with E-state index in [0.29, 0.717) is 13.0 Å². The summed E-state index contributed by atoms with van der Waals surface area (Å²) in [5, 5.41) is 12.0. The minimum absolute atomic E-state index is 0.592. The summed E-state index contributed by atoms with van der Waals surface area (Å²) in [6.07, 6.45) is 2.25. The Bertz CT molecular complexity index is 459. The van der Waals surface area contributed by atoms with Gasteiger partial charge in [-0.15, -0.1) is 0 Å². The van der Waals surface area contributed by atoms with E-state index >= 15 is 0 Å². The molecule has 1 aromatic rings. The zero-order valence-corrected chi connectivity index (χ0v) is 12.8. The van der Waals surface area contributed by atoms with Gasteiger partial charge in [-0.3, -0.25) is 4.79 Å². The maximum atomic E-state index is 11.1. The number of carboxylic acids is 1. The molecule has 112 valence electrons. The van der Waals surface area contributed by atoms with Gasteiger partial charge in [-0.05, 0) is 70.3 Å². The Balaban J connectivity index is 2.31. The van der Waals surface area contributed by atoms with Gasteiger partial charge in [0.2, 0.25) is 0 Å². The normalized spacial score (nSPS) is 13.8. The Morgan fingerprint density at radius 3 is 2.55 bits per heavy atom. The number of ether oxygens (including phenoxy) is 1. The summed E-state index contributed by atoms with van der Waals surface area (Å²) in [7, 11) is 1.68. The molecule has 2 N–H and O–H groups in total. The van der Waals surface area contributed by atoms with Crippen molar-refractivity contribution in [3.05, 3.63) is 29.3 Å². The van der Waals surface area contributed by atoms with Gasteiger partial charge in [-0.25, -0.2) is 0 Å². The number of carbonyl (C=O) groups is 1. The molecule has 0 spiro atoms. The fraction of sp³-hybridized carbons (Fsp3) is 0.562. The molecule has 20 heavy (non-hydrogen) atoms. The van der Waals surface area contributed by atoms with E-state index in [9.17, 15) is 4.79 Å². The molecule has 0 aromatic heterocycles. The van der Waals surface area contributed by atoms with Gasteiger partial charge in [0, 0.05) is 0 Å². The molecule has 4 heteroatoms. The number of hydrogen-bond donors (Lipinski definition) is 2. The van der Waals surface area contributed by atoms with Crippen molar-refractivity contribution in [1.29, 1.82) is 0 Å². The molecule has 0 radical (unpaired) electrons. The molecular formula is C16H25NO3. The van der Waals surface area contributed by atoms with Crippen LogP contribution in [0.5, 0.6) is 5.75 Å². The van der Waals surface area contributed by atoms with E-state index in [1.807, 2.05) is 18.2 Å². The van der Waals surface area contributed by atoms with Crippen LogP contribution in [0.2, 0.25) is 0 Å². The second kappa shape index (κ2) is 7.29. The average Bonchev–Trinajstić information content (AvgIpc) is 2.41. The molecular weight excluding hydrogens is 254 g/mol. The van der Waals surface area contributed by atoms with Crippen molar-refractivity contribution in [1.82, 2.24) is 5.32 Å². The molecule has 0 saturated carbocycles. The van der Waals surface area contributed by atoms with Crippen molar-refractivity contribution in [2.45, 2.75) is 45.6 Å². The lowest BCUT2D eigenvalue weighted by Gasteiger charge is -2.23. The van der Waals surface area contributed by atoms with Gasteiger partial charge in [-0.2, -0.15) is 0 Å². The number of benzene rings is 1. The summed E-state index contributed by atoms with van der Waals surface area (Å²) in [4.78, 5) is 11.1. The molecule has 4 nitrogen and oxygen atoms in total. The summed E-state index contributed by atoms with van der Waals surface area (Å²) in [6, 6.07) is 6.05. The average molecular weight is 279 g/mol.